The largest absolute Gasteiger partial charge is 0.339 e. The second-order valence-corrected chi connectivity index (χ2v) is 5.04. The first-order valence-electron chi connectivity index (χ1n) is 5.15. The van der Waals surface area contributed by atoms with Gasteiger partial charge in [-0.15, -0.1) is 0 Å². The van der Waals surface area contributed by atoms with Gasteiger partial charge in [0.2, 0.25) is 5.89 Å². The fraction of sp³-hybridized carbons (Fsp3) is 0.700. The first-order valence-corrected chi connectivity index (χ1v) is 6.31. The first kappa shape index (κ1) is 10.7. The van der Waals surface area contributed by atoms with Gasteiger partial charge in [-0.25, -0.2) is 0 Å². The highest BCUT2D eigenvalue weighted by molar-refractivity contribution is 7.99. The molecule has 0 bridgehead atoms. The summed E-state index contributed by atoms with van der Waals surface area (Å²) in [6.07, 6.45) is 2.49. The smallest absolute Gasteiger partial charge is 0.234 e. The van der Waals surface area contributed by atoms with Crippen LogP contribution in [0.25, 0.3) is 0 Å². The number of hydrogen-bond acceptors (Lipinski definition) is 5. The van der Waals surface area contributed by atoms with Gasteiger partial charge in [0.1, 0.15) is 5.78 Å². The van der Waals surface area contributed by atoms with E-state index in [4.69, 9.17) is 4.52 Å². The van der Waals surface area contributed by atoms with Crippen LogP contribution in [-0.4, -0.2) is 27.4 Å². The van der Waals surface area contributed by atoms with Gasteiger partial charge >= 0.3 is 0 Å². The van der Waals surface area contributed by atoms with Gasteiger partial charge in [0.15, 0.2) is 5.82 Å². The molecule has 0 aliphatic carbocycles. The van der Waals surface area contributed by atoms with Gasteiger partial charge in [-0.3, -0.25) is 4.79 Å². The number of ketones is 1. The third-order valence-electron chi connectivity index (χ3n) is 2.47. The maximum atomic E-state index is 10.9. The Bertz CT molecular complexity index is 345. The molecule has 0 N–H and O–H groups in total. The van der Waals surface area contributed by atoms with E-state index in [2.05, 4.69) is 10.1 Å². The van der Waals surface area contributed by atoms with E-state index < -0.39 is 0 Å². The molecule has 5 heteroatoms. The lowest BCUT2D eigenvalue weighted by Gasteiger charge is -2.17. The molecule has 0 atom stereocenters. The Morgan fingerprint density at radius 2 is 2.27 bits per heavy atom. The minimum absolute atomic E-state index is 0.0596. The first-order chi connectivity index (χ1) is 7.25. The minimum atomic E-state index is 0.0596. The Balaban J connectivity index is 2.02. The van der Waals surface area contributed by atoms with Gasteiger partial charge in [-0.1, -0.05) is 5.16 Å². The molecule has 1 fully saturated rings. The van der Waals surface area contributed by atoms with Crippen molar-refractivity contribution >= 4 is 17.5 Å². The van der Waals surface area contributed by atoms with E-state index in [1.54, 1.807) is 0 Å². The van der Waals surface area contributed by atoms with Crippen molar-refractivity contribution in [3.63, 3.8) is 0 Å². The van der Waals surface area contributed by atoms with Crippen molar-refractivity contribution in [1.29, 1.82) is 0 Å². The Hall–Kier alpha value is -0.840. The van der Waals surface area contributed by atoms with E-state index in [1.807, 2.05) is 11.8 Å². The molecule has 82 valence electrons. The van der Waals surface area contributed by atoms with Crippen LogP contribution in [0.2, 0.25) is 0 Å². The SMILES string of the molecule is CC(=O)Cc1nc(C2CCSCC2)no1. The van der Waals surface area contributed by atoms with Gasteiger partial charge in [0.25, 0.3) is 0 Å². The average Bonchev–Trinajstić information content (AvgIpc) is 2.67. The lowest BCUT2D eigenvalue weighted by Crippen LogP contribution is -2.09. The molecular weight excluding hydrogens is 212 g/mol. The molecule has 1 aromatic rings. The van der Waals surface area contributed by atoms with Crippen LogP contribution in [0, 0.1) is 0 Å². The number of aromatic nitrogens is 2. The lowest BCUT2D eigenvalue weighted by molar-refractivity contribution is -0.116. The molecular formula is C10H14N2O2S. The highest BCUT2D eigenvalue weighted by atomic mass is 32.2. The van der Waals surface area contributed by atoms with Gasteiger partial charge < -0.3 is 4.52 Å². The number of hydrogen-bond donors (Lipinski definition) is 0. The van der Waals surface area contributed by atoms with Gasteiger partial charge in [-0.05, 0) is 31.3 Å². The van der Waals surface area contributed by atoms with Crippen LogP contribution in [0.1, 0.15) is 37.4 Å². The fourth-order valence-electron chi connectivity index (χ4n) is 1.67. The molecule has 0 spiro atoms. The predicted molar refractivity (Wildman–Crippen MR) is 58.0 cm³/mol. The van der Waals surface area contributed by atoms with Crippen molar-refractivity contribution < 1.29 is 9.32 Å². The molecule has 15 heavy (non-hydrogen) atoms. The van der Waals surface area contributed by atoms with Gasteiger partial charge in [0, 0.05) is 5.92 Å². The van der Waals surface area contributed by atoms with Crippen LogP contribution in [0.3, 0.4) is 0 Å². The molecule has 2 rings (SSSR count). The third kappa shape index (κ3) is 2.81. The maximum Gasteiger partial charge on any atom is 0.234 e. The van der Waals surface area contributed by atoms with E-state index >= 15 is 0 Å². The van der Waals surface area contributed by atoms with Crippen molar-refractivity contribution in [1.82, 2.24) is 10.1 Å². The number of rotatable bonds is 3. The Labute approximate surface area is 92.8 Å². The van der Waals surface area contributed by atoms with Crippen molar-refractivity contribution in [2.24, 2.45) is 0 Å². The lowest BCUT2D eigenvalue weighted by atomic mass is 10.0. The molecule has 0 unspecified atom stereocenters. The van der Waals surface area contributed by atoms with E-state index in [1.165, 1.54) is 18.4 Å². The summed E-state index contributed by atoms with van der Waals surface area (Å²) in [6.45, 7) is 1.53. The summed E-state index contributed by atoms with van der Waals surface area (Å²) in [7, 11) is 0. The Morgan fingerprint density at radius 1 is 1.53 bits per heavy atom. The summed E-state index contributed by atoms with van der Waals surface area (Å²) in [5.74, 6) is 4.06. The monoisotopic (exact) mass is 226 g/mol. The number of thioether (sulfide) groups is 1. The molecule has 4 nitrogen and oxygen atoms in total. The highest BCUT2D eigenvalue weighted by Gasteiger charge is 2.21. The quantitative estimate of drug-likeness (QED) is 0.786. The highest BCUT2D eigenvalue weighted by Crippen LogP contribution is 2.29. The summed E-state index contributed by atoms with van der Waals surface area (Å²) < 4.78 is 5.04. The Kier molecular flexibility index (Phi) is 3.41. The normalized spacial score (nSPS) is 17.9. The van der Waals surface area contributed by atoms with Crippen molar-refractivity contribution in [3.05, 3.63) is 11.7 Å². The maximum absolute atomic E-state index is 10.9. The van der Waals surface area contributed by atoms with E-state index in [-0.39, 0.29) is 12.2 Å². The van der Waals surface area contributed by atoms with Crippen LogP contribution in [0.4, 0.5) is 0 Å². The molecule has 2 heterocycles. The number of carbonyl (C=O) groups excluding carboxylic acids is 1. The van der Waals surface area contributed by atoms with E-state index in [0.29, 0.717) is 11.8 Å². The molecule has 1 aliphatic rings. The predicted octanol–water partition coefficient (Wildman–Crippen LogP) is 1.81. The fourth-order valence-corrected chi connectivity index (χ4v) is 2.78. The standard InChI is InChI=1S/C10H14N2O2S/c1-7(13)6-9-11-10(12-14-9)8-2-4-15-5-3-8/h8H,2-6H2,1H3. The minimum Gasteiger partial charge on any atom is -0.339 e. The summed E-state index contributed by atoms with van der Waals surface area (Å²) >= 11 is 1.97. The molecule has 1 aliphatic heterocycles. The van der Waals surface area contributed by atoms with Crippen LogP contribution in [-0.2, 0) is 11.2 Å². The molecule has 1 saturated heterocycles. The summed E-state index contributed by atoms with van der Waals surface area (Å²) in [6, 6.07) is 0. The zero-order valence-corrected chi connectivity index (χ0v) is 9.55. The Morgan fingerprint density at radius 3 is 2.93 bits per heavy atom. The van der Waals surface area contributed by atoms with Crippen LogP contribution in [0.5, 0.6) is 0 Å². The summed E-state index contributed by atoms with van der Waals surface area (Å²) in [4.78, 5) is 15.1. The molecule has 0 aromatic carbocycles. The zero-order chi connectivity index (χ0) is 10.7. The molecule has 0 saturated carbocycles. The van der Waals surface area contributed by atoms with Crippen LogP contribution >= 0.6 is 11.8 Å². The van der Waals surface area contributed by atoms with E-state index in [9.17, 15) is 4.79 Å². The molecule has 0 amide bonds. The molecule has 1 aromatic heterocycles. The number of nitrogens with zero attached hydrogens (tertiary/aromatic N) is 2. The topological polar surface area (TPSA) is 56.0 Å². The third-order valence-corrected chi connectivity index (χ3v) is 3.52. The van der Waals surface area contributed by atoms with Crippen LogP contribution < -0.4 is 0 Å². The zero-order valence-electron chi connectivity index (χ0n) is 8.73. The van der Waals surface area contributed by atoms with Crippen LogP contribution in [0.15, 0.2) is 4.52 Å². The van der Waals surface area contributed by atoms with Crippen molar-refractivity contribution in [3.8, 4) is 0 Å². The van der Waals surface area contributed by atoms with Gasteiger partial charge in [-0.2, -0.15) is 16.7 Å². The van der Waals surface area contributed by atoms with E-state index in [0.717, 1.165) is 18.7 Å². The van der Waals surface area contributed by atoms with Crippen molar-refractivity contribution in [2.75, 3.05) is 11.5 Å². The average molecular weight is 226 g/mol. The number of carbonyl (C=O) groups is 1. The second kappa shape index (κ2) is 4.79. The number of Topliss-reactive ketones (excluding diaryl/α,β-unsaturated/α-hetero) is 1. The second-order valence-electron chi connectivity index (χ2n) is 3.81. The summed E-state index contributed by atoms with van der Waals surface area (Å²) in [5, 5.41) is 3.95. The van der Waals surface area contributed by atoms with Crippen molar-refractivity contribution in [2.45, 2.75) is 32.1 Å². The van der Waals surface area contributed by atoms with Gasteiger partial charge in [0.05, 0.1) is 6.42 Å². The summed E-state index contributed by atoms with van der Waals surface area (Å²) in [5.41, 5.74) is 0. The molecule has 0 radical (unpaired) electrons.